The number of esters is 1. The van der Waals surface area contributed by atoms with Gasteiger partial charge in [0.05, 0.1) is 17.5 Å². The molecule has 6 heteroatoms. The number of carbonyl (C=O) groups is 2. The molecule has 1 saturated carbocycles. The zero-order chi connectivity index (χ0) is 25.3. The van der Waals surface area contributed by atoms with E-state index in [2.05, 4.69) is 5.16 Å². The number of hydrogen-bond acceptors (Lipinski definition) is 5. The zero-order valence-corrected chi connectivity index (χ0v) is 20.2. The number of ether oxygens (including phenoxy) is 1. The molecule has 1 aliphatic carbocycles. The first-order valence-corrected chi connectivity index (χ1v) is 12.0. The summed E-state index contributed by atoms with van der Waals surface area (Å²) in [6.07, 6.45) is 1.09. The number of carboxylic acids is 1. The molecule has 1 N–H and O–H groups in total. The van der Waals surface area contributed by atoms with Gasteiger partial charge in [-0.25, -0.2) is 0 Å². The maximum Gasteiger partial charge on any atom is 0.314 e. The molecule has 0 radical (unpaired) electrons. The molecule has 182 valence electrons. The Kier molecular flexibility index (Phi) is 6.18. The fourth-order valence-electron chi connectivity index (χ4n) is 4.55. The number of aliphatic carboxylic acids is 1. The lowest BCUT2D eigenvalue weighted by Gasteiger charge is -2.13. The molecule has 3 aromatic carbocycles. The van der Waals surface area contributed by atoms with Crippen LogP contribution >= 0.6 is 0 Å². The average Bonchev–Trinajstić information content (AvgIpc) is 3.64. The summed E-state index contributed by atoms with van der Waals surface area (Å²) in [4.78, 5) is 24.3. The Morgan fingerprint density at radius 3 is 2.11 bits per heavy atom. The Bertz CT molecular complexity index is 1380. The maximum atomic E-state index is 12.7. The van der Waals surface area contributed by atoms with Gasteiger partial charge in [0.15, 0.2) is 5.76 Å². The highest BCUT2D eigenvalue weighted by molar-refractivity contribution is 5.85. The summed E-state index contributed by atoms with van der Waals surface area (Å²) in [6, 6.07) is 25.2. The molecule has 4 aromatic rings. The van der Waals surface area contributed by atoms with Crippen LogP contribution in [0.2, 0.25) is 0 Å². The van der Waals surface area contributed by atoms with Crippen LogP contribution in [0, 0.1) is 6.92 Å². The largest absolute Gasteiger partial charge is 0.481 e. The monoisotopic (exact) mass is 481 g/mol. The van der Waals surface area contributed by atoms with E-state index in [1.54, 1.807) is 0 Å². The predicted octanol–water partition coefficient (Wildman–Crippen LogP) is 6.28. The molecule has 0 unspecified atom stereocenters. The maximum absolute atomic E-state index is 12.7. The molecule has 1 aliphatic rings. The minimum absolute atomic E-state index is 0.0659. The molecule has 6 nitrogen and oxygen atoms in total. The minimum atomic E-state index is -0.754. The molecule has 0 aliphatic heterocycles. The van der Waals surface area contributed by atoms with Crippen molar-refractivity contribution in [2.24, 2.45) is 0 Å². The second-order valence-corrected chi connectivity index (χ2v) is 9.34. The Morgan fingerprint density at radius 2 is 1.53 bits per heavy atom. The first-order valence-electron chi connectivity index (χ1n) is 12.0. The van der Waals surface area contributed by atoms with Crippen LogP contribution in [-0.2, 0) is 26.2 Å². The van der Waals surface area contributed by atoms with Crippen LogP contribution in [0.3, 0.4) is 0 Å². The smallest absolute Gasteiger partial charge is 0.314 e. The standard InChI is InChI=1S/C30H27NO5/c1-19-26(18-27(32)35-20(2)21-6-4-3-5-7-21)28(36-31-19)24-10-8-22(9-11-24)23-12-14-25(15-13-23)30(16-17-30)29(33)34/h3-15,20H,16-18H2,1-2H3,(H,33,34)/t20-/m1/s1. The summed E-state index contributed by atoms with van der Waals surface area (Å²) < 4.78 is 11.2. The van der Waals surface area contributed by atoms with Crippen LogP contribution < -0.4 is 0 Å². The van der Waals surface area contributed by atoms with Gasteiger partial charge in [0.1, 0.15) is 6.10 Å². The van der Waals surface area contributed by atoms with E-state index in [-0.39, 0.29) is 18.5 Å². The Hall–Kier alpha value is -4.19. The minimum Gasteiger partial charge on any atom is -0.481 e. The van der Waals surface area contributed by atoms with Crippen molar-refractivity contribution in [1.29, 1.82) is 0 Å². The molecule has 1 heterocycles. The molecule has 0 amide bonds. The SMILES string of the molecule is Cc1noc(-c2ccc(-c3ccc(C4(C(=O)O)CC4)cc3)cc2)c1CC(=O)O[C@H](C)c1ccccc1. The first-order chi connectivity index (χ1) is 17.4. The van der Waals surface area contributed by atoms with Crippen molar-refractivity contribution in [2.45, 2.75) is 44.6 Å². The summed E-state index contributed by atoms with van der Waals surface area (Å²) in [5.74, 6) is -0.544. The van der Waals surface area contributed by atoms with Gasteiger partial charge in [-0.2, -0.15) is 0 Å². The Morgan fingerprint density at radius 1 is 0.944 bits per heavy atom. The lowest BCUT2D eigenvalue weighted by atomic mass is 9.93. The molecular formula is C30H27NO5. The first kappa shape index (κ1) is 23.5. The van der Waals surface area contributed by atoms with E-state index in [1.165, 1.54) is 0 Å². The third kappa shape index (κ3) is 4.54. The van der Waals surface area contributed by atoms with E-state index < -0.39 is 11.4 Å². The second kappa shape index (κ2) is 9.46. The van der Waals surface area contributed by atoms with E-state index in [0.717, 1.165) is 27.8 Å². The van der Waals surface area contributed by atoms with Crippen molar-refractivity contribution in [1.82, 2.24) is 5.16 Å². The number of nitrogens with zero attached hydrogens (tertiary/aromatic N) is 1. The van der Waals surface area contributed by atoms with Gasteiger partial charge < -0.3 is 14.4 Å². The molecular weight excluding hydrogens is 454 g/mol. The average molecular weight is 482 g/mol. The van der Waals surface area contributed by atoms with Gasteiger partial charge in [-0.05, 0) is 48.9 Å². The second-order valence-electron chi connectivity index (χ2n) is 9.34. The van der Waals surface area contributed by atoms with E-state index in [9.17, 15) is 14.7 Å². The molecule has 1 aromatic heterocycles. The highest BCUT2D eigenvalue weighted by Gasteiger charge is 2.51. The molecule has 0 saturated heterocycles. The van der Waals surface area contributed by atoms with Crippen LogP contribution in [0.1, 0.15) is 48.3 Å². The van der Waals surface area contributed by atoms with Crippen LogP contribution in [0.5, 0.6) is 0 Å². The molecule has 1 fully saturated rings. The van der Waals surface area contributed by atoms with E-state index >= 15 is 0 Å². The zero-order valence-electron chi connectivity index (χ0n) is 20.2. The number of carboxylic acid groups (broad SMARTS) is 1. The number of aryl methyl sites for hydroxylation is 1. The highest BCUT2D eigenvalue weighted by atomic mass is 16.5. The number of aromatic nitrogens is 1. The van der Waals surface area contributed by atoms with Gasteiger partial charge in [-0.3, -0.25) is 9.59 Å². The Balaban J connectivity index is 1.30. The molecule has 5 rings (SSSR count). The summed E-state index contributed by atoms with van der Waals surface area (Å²) in [6.45, 7) is 3.67. The number of hydrogen-bond donors (Lipinski definition) is 1. The third-order valence-electron chi connectivity index (χ3n) is 6.96. The number of rotatable bonds is 8. The van der Waals surface area contributed by atoms with Crippen LogP contribution in [0.25, 0.3) is 22.5 Å². The van der Waals surface area contributed by atoms with Gasteiger partial charge in [0.25, 0.3) is 0 Å². The fraction of sp³-hybridized carbons (Fsp3) is 0.233. The van der Waals surface area contributed by atoms with Gasteiger partial charge in [0, 0.05) is 11.1 Å². The van der Waals surface area contributed by atoms with Crippen molar-refractivity contribution in [2.75, 3.05) is 0 Å². The van der Waals surface area contributed by atoms with E-state index in [1.807, 2.05) is 92.7 Å². The molecule has 1 atom stereocenters. The number of carbonyl (C=O) groups excluding carboxylic acids is 1. The van der Waals surface area contributed by atoms with Gasteiger partial charge in [0.2, 0.25) is 0 Å². The van der Waals surface area contributed by atoms with Crippen LogP contribution in [-0.4, -0.2) is 22.2 Å². The van der Waals surface area contributed by atoms with E-state index in [4.69, 9.17) is 9.26 Å². The van der Waals surface area contributed by atoms with Gasteiger partial charge >= 0.3 is 11.9 Å². The quantitative estimate of drug-likeness (QED) is 0.298. The van der Waals surface area contributed by atoms with Crippen molar-refractivity contribution < 1.29 is 24.0 Å². The lowest BCUT2D eigenvalue weighted by Crippen LogP contribution is -2.19. The van der Waals surface area contributed by atoms with Crippen molar-refractivity contribution in [3.05, 3.63) is 101 Å². The van der Waals surface area contributed by atoms with Crippen molar-refractivity contribution >= 4 is 11.9 Å². The Labute approximate surface area is 209 Å². The third-order valence-corrected chi connectivity index (χ3v) is 6.96. The van der Waals surface area contributed by atoms with Crippen molar-refractivity contribution in [3.63, 3.8) is 0 Å². The molecule has 36 heavy (non-hydrogen) atoms. The van der Waals surface area contributed by atoms with Gasteiger partial charge in [-0.1, -0.05) is 84.0 Å². The topological polar surface area (TPSA) is 89.6 Å². The normalized spacial score (nSPS) is 14.7. The number of benzene rings is 3. The molecule has 0 bridgehead atoms. The summed E-state index contributed by atoms with van der Waals surface area (Å²) >= 11 is 0. The summed E-state index contributed by atoms with van der Waals surface area (Å²) in [5, 5.41) is 13.6. The highest BCUT2D eigenvalue weighted by Crippen LogP contribution is 2.48. The van der Waals surface area contributed by atoms with Gasteiger partial charge in [-0.15, -0.1) is 0 Å². The lowest BCUT2D eigenvalue weighted by molar-refractivity contribution is -0.147. The van der Waals surface area contributed by atoms with Crippen LogP contribution in [0.15, 0.2) is 83.4 Å². The van der Waals surface area contributed by atoms with E-state index in [0.29, 0.717) is 29.9 Å². The fourth-order valence-corrected chi connectivity index (χ4v) is 4.55. The summed E-state index contributed by atoms with van der Waals surface area (Å²) in [7, 11) is 0. The predicted molar refractivity (Wildman–Crippen MR) is 135 cm³/mol. The summed E-state index contributed by atoms with van der Waals surface area (Å²) in [5.41, 5.74) is 5.26. The van der Waals surface area contributed by atoms with Crippen molar-refractivity contribution in [3.8, 4) is 22.5 Å². The molecule has 0 spiro atoms. The van der Waals surface area contributed by atoms with Crippen LogP contribution in [0.4, 0.5) is 0 Å².